The van der Waals surface area contributed by atoms with Crippen LogP contribution in [0.4, 0.5) is 4.79 Å². The number of carbonyl (C=O) groups is 2. The Kier molecular flexibility index (Phi) is 8.50. The molecule has 0 spiro atoms. The third-order valence-corrected chi connectivity index (χ3v) is 8.91. The zero-order valence-corrected chi connectivity index (χ0v) is 24.0. The summed E-state index contributed by atoms with van der Waals surface area (Å²) in [5.74, 6) is 0.806. The van der Waals surface area contributed by atoms with E-state index in [0.29, 0.717) is 18.8 Å². The number of aliphatic hydroxyl groups excluding tert-OH is 1. The summed E-state index contributed by atoms with van der Waals surface area (Å²) < 4.78 is 6.31. The number of benzene rings is 2. The molecule has 1 aromatic heterocycles. The van der Waals surface area contributed by atoms with Crippen molar-refractivity contribution in [2.45, 2.75) is 89.8 Å². The Morgan fingerprint density at radius 2 is 1.80 bits per heavy atom. The number of amides is 2. The van der Waals surface area contributed by atoms with Crippen molar-refractivity contribution >= 4 is 22.9 Å². The van der Waals surface area contributed by atoms with Gasteiger partial charge in [0.2, 0.25) is 5.91 Å². The summed E-state index contributed by atoms with van der Waals surface area (Å²) in [5.41, 5.74) is 2.23. The number of aromatic nitrogens is 1. The number of hydrogen-bond donors (Lipinski definition) is 2. The molecule has 2 amide bonds. The van der Waals surface area contributed by atoms with Crippen molar-refractivity contribution < 1.29 is 19.4 Å². The molecule has 4 atom stereocenters. The fourth-order valence-corrected chi connectivity index (χ4v) is 7.02. The number of hydrogen-bond acceptors (Lipinski definition) is 4. The molecule has 214 valence electrons. The molecule has 5 rings (SSSR count). The molecule has 2 saturated carbocycles. The van der Waals surface area contributed by atoms with Crippen LogP contribution in [0.3, 0.4) is 0 Å². The van der Waals surface area contributed by atoms with Crippen molar-refractivity contribution in [3.63, 3.8) is 0 Å². The van der Waals surface area contributed by atoms with E-state index in [4.69, 9.17) is 4.74 Å². The van der Waals surface area contributed by atoms with E-state index >= 15 is 0 Å². The molecule has 2 aliphatic rings. The number of carbonyl (C=O) groups excluding carboxylic acids is 2. The first-order valence-corrected chi connectivity index (χ1v) is 14.8. The van der Waals surface area contributed by atoms with Crippen LogP contribution >= 0.6 is 0 Å². The number of ether oxygens (including phenoxy) is 1. The molecule has 1 heterocycles. The van der Waals surface area contributed by atoms with Crippen molar-refractivity contribution in [1.82, 2.24) is 15.0 Å². The molecule has 7 nitrogen and oxygen atoms in total. The molecule has 0 radical (unpaired) electrons. The van der Waals surface area contributed by atoms with E-state index in [0.717, 1.165) is 53.6 Å². The molecule has 7 heteroatoms. The van der Waals surface area contributed by atoms with Crippen molar-refractivity contribution in [3.8, 4) is 0 Å². The van der Waals surface area contributed by atoms with Gasteiger partial charge in [-0.25, -0.2) is 14.8 Å². The minimum absolute atomic E-state index is 0.147. The van der Waals surface area contributed by atoms with E-state index in [-0.39, 0.29) is 18.6 Å². The standard InChI is InChI=1S/C33H43N3O4/c1-23(38)35(28(22-37)19-24-10-5-4-6-11-24)36(32(39)40-31-17-16-25-12-9-13-26(31)18-25)33(2,3)20-27-21-34-30-15-8-7-14-29(27)30/h4-8,10-11,14-15,21,25-26,28,31,34,37H,9,12-13,16-20,22H2,1-3H3. The van der Waals surface area contributed by atoms with Crippen LogP contribution < -0.4 is 0 Å². The Balaban J connectivity index is 1.48. The minimum atomic E-state index is -0.832. The van der Waals surface area contributed by atoms with Gasteiger partial charge < -0.3 is 14.8 Å². The summed E-state index contributed by atoms with van der Waals surface area (Å²) in [7, 11) is 0. The molecule has 0 aliphatic heterocycles. The Morgan fingerprint density at radius 3 is 2.55 bits per heavy atom. The van der Waals surface area contributed by atoms with Gasteiger partial charge in [0.1, 0.15) is 6.10 Å². The van der Waals surface area contributed by atoms with Crippen LogP contribution in [0.5, 0.6) is 0 Å². The number of hydrazine groups is 1. The zero-order valence-electron chi connectivity index (χ0n) is 24.0. The van der Waals surface area contributed by atoms with Gasteiger partial charge in [0.05, 0.1) is 18.2 Å². The smallest absolute Gasteiger partial charge is 0.429 e. The summed E-state index contributed by atoms with van der Waals surface area (Å²) in [6.45, 7) is 5.12. The molecule has 2 N–H and O–H groups in total. The molecule has 2 aliphatic carbocycles. The van der Waals surface area contributed by atoms with E-state index < -0.39 is 17.7 Å². The van der Waals surface area contributed by atoms with Gasteiger partial charge in [-0.05, 0) is 81.4 Å². The van der Waals surface area contributed by atoms with Gasteiger partial charge in [-0.2, -0.15) is 0 Å². The molecule has 2 aromatic carbocycles. The van der Waals surface area contributed by atoms with Crippen molar-refractivity contribution in [3.05, 3.63) is 71.9 Å². The molecule has 40 heavy (non-hydrogen) atoms. The number of fused-ring (bicyclic) bond motifs is 3. The number of nitrogens with zero attached hydrogens (tertiary/aromatic N) is 2. The first-order chi connectivity index (χ1) is 19.3. The van der Waals surface area contributed by atoms with Gasteiger partial charge in [-0.3, -0.25) is 4.79 Å². The summed E-state index contributed by atoms with van der Waals surface area (Å²) in [6, 6.07) is 17.2. The van der Waals surface area contributed by atoms with Crippen LogP contribution in [-0.2, 0) is 22.4 Å². The second kappa shape index (κ2) is 12.0. The maximum atomic E-state index is 14.3. The lowest BCUT2D eigenvalue weighted by molar-refractivity contribution is -0.166. The summed E-state index contributed by atoms with van der Waals surface area (Å²) in [4.78, 5) is 30.9. The molecular weight excluding hydrogens is 502 g/mol. The Morgan fingerprint density at radius 1 is 1.05 bits per heavy atom. The van der Waals surface area contributed by atoms with Gasteiger partial charge >= 0.3 is 6.09 Å². The summed E-state index contributed by atoms with van der Waals surface area (Å²) in [5, 5.41) is 14.6. The second-order valence-electron chi connectivity index (χ2n) is 12.3. The Labute approximate surface area is 237 Å². The third kappa shape index (κ3) is 6.04. The average Bonchev–Trinajstić information content (AvgIpc) is 3.34. The van der Waals surface area contributed by atoms with E-state index in [9.17, 15) is 14.7 Å². The molecule has 0 saturated heterocycles. The normalized spacial score (nSPS) is 21.6. The van der Waals surface area contributed by atoms with Gasteiger partial charge in [0, 0.05) is 24.0 Å². The minimum Gasteiger partial charge on any atom is -0.445 e. The zero-order chi connectivity index (χ0) is 28.3. The SMILES string of the molecule is CC(=O)N(C(CO)Cc1ccccc1)N(C(=O)OC1CCC2CCCC1C2)C(C)(C)Cc1c[nH]c2ccccc12. The lowest BCUT2D eigenvalue weighted by atomic mass is 9.71. The first kappa shape index (κ1) is 28.2. The predicted octanol–water partition coefficient (Wildman–Crippen LogP) is 6.26. The van der Waals surface area contributed by atoms with Gasteiger partial charge in [0.15, 0.2) is 0 Å². The highest BCUT2D eigenvalue weighted by molar-refractivity contribution is 5.83. The van der Waals surface area contributed by atoms with Crippen molar-refractivity contribution in [2.24, 2.45) is 11.8 Å². The number of nitrogens with one attached hydrogen (secondary N) is 1. The predicted molar refractivity (Wildman–Crippen MR) is 156 cm³/mol. The molecule has 2 bridgehead atoms. The number of rotatable bonds is 8. The van der Waals surface area contributed by atoms with Gasteiger partial charge in [-0.15, -0.1) is 0 Å². The van der Waals surface area contributed by atoms with E-state index in [1.165, 1.54) is 29.8 Å². The van der Waals surface area contributed by atoms with E-state index in [1.54, 1.807) is 0 Å². The number of aromatic amines is 1. The molecule has 2 fully saturated rings. The monoisotopic (exact) mass is 545 g/mol. The second-order valence-corrected chi connectivity index (χ2v) is 12.3. The fraction of sp³-hybridized carbons (Fsp3) is 0.515. The lowest BCUT2D eigenvalue weighted by Gasteiger charge is -2.48. The summed E-state index contributed by atoms with van der Waals surface area (Å²) >= 11 is 0. The Bertz CT molecular complexity index is 1300. The maximum Gasteiger partial charge on any atom is 0.429 e. The van der Waals surface area contributed by atoms with Gasteiger partial charge in [0.25, 0.3) is 0 Å². The summed E-state index contributed by atoms with van der Waals surface area (Å²) in [6.07, 6.45) is 8.82. The van der Waals surface area contributed by atoms with Crippen LogP contribution in [0.15, 0.2) is 60.8 Å². The van der Waals surface area contributed by atoms with Crippen molar-refractivity contribution in [2.75, 3.05) is 6.61 Å². The number of aliphatic hydroxyl groups is 1. The van der Waals surface area contributed by atoms with Crippen LogP contribution in [-0.4, -0.2) is 56.4 Å². The Hall–Kier alpha value is -3.32. The topological polar surface area (TPSA) is 85.9 Å². The molecular formula is C33H43N3O4. The highest BCUT2D eigenvalue weighted by Crippen LogP contribution is 2.42. The van der Waals surface area contributed by atoms with Crippen LogP contribution in [0.2, 0.25) is 0 Å². The van der Waals surface area contributed by atoms with E-state index in [2.05, 4.69) is 11.1 Å². The van der Waals surface area contributed by atoms with Crippen molar-refractivity contribution in [1.29, 1.82) is 0 Å². The first-order valence-electron chi connectivity index (χ1n) is 14.8. The molecule has 3 aromatic rings. The van der Waals surface area contributed by atoms with E-state index in [1.807, 2.05) is 68.6 Å². The number of H-pyrrole nitrogens is 1. The number of para-hydroxylation sites is 1. The average molecular weight is 546 g/mol. The quantitative estimate of drug-likeness (QED) is 0.327. The maximum absolute atomic E-state index is 14.3. The largest absolute Gasteiger partial charge is 0.445 e. The van der Waals surface area contributed by atoms with Crippen LogP contribution in [0.25, 0.3) is 10.9 Å². The fourth-order valence-electron chi connectivity index (χ4n) is 7.02. The van der Waals surface area contributed by atoms with Crippen LogP contribution in [0.1, 0.15) is 70.4 Å². The van der Waals surface area contributed by atoms with Gasteiger partial charge in [-0.1, -0.05) is 61.4 Å². The third-order valence-electron chi connectivity index (χ3n) is 8.91. The highest BCUT2D eigenvalue weighted by Gasteiger charge is 2.44. The highest BCUT2D eigenvalue weighted by atomic mass is 16.6. The lowest BCUT2D eigenvalue weighted by Crippen LogP contribution is -2.64. The molecule has 4 unspecified atom stereocenters. The van der Waals surface area contributed by atoms with Crippen LogP contribution in [0, 0.1) is 11.8 Å².